The van der Waals surface area contributed by atoms with Gasteiger partial charge in [-0.25, -0.2) is 9.59 Å². The Hall–Kier alpha value is -3.32. The molecule has 2 aromatic heterocycles. The molecule has 0 aliphatic carbocycles. The molecule has 7 heteroatoms. The van der Waals surface area contributed by atoms with Gasteiger partial charge in [0.15, 0.2) is 0 Å². The third-order valence-electron chi connectivity index (χ3n) is 6.87. The first kappa shape index (κ1) is 21.5. The normalized spacial score (nSPS) is 15.6. The maximum Gasteiger partial charge on any atom is 0.333 e. The average Bonchev–Trinajstić information content (AvgIpc) is 3.27. The van der Waals surface area contributed by atoms with Gasteiger partial charge in [0.2, 0.25) is 0 Å². The largest absolute Gasteiger partial charge is 0.333 e. The number of aryl methyl sites for hydroxylation is 2. The van der Waals surface area contributed by atoms with E-state index < -0.39 is 0 Å². The van der Waals surface area contributed by atoms with E-state index in [0.717, 1.165) is 72.2 Å². The van der Waals surface area contributed by atoms with Crippen LogP contribution in [-0.2, 0) is 6.54 Å². The molecule has 0 saturated carbocycles. The van der Waals surface area contributed by atoms with Gasteiger partial charge in [0, 0.05) is 31.4 Å². The number of H-pyrrole nitrogens is 1. The van der Waals surface area contributed by atoms with Crippen LogP contribution in [0.5, 0.6) is 0 Å². The van der Waals surface area contributed by atoms with Crippen LogP contribution in [0.4, 0.5) is 0 Å². The SMILES string of the molecule is C=C(C)n1c(=O)n(CCCN2CCC(n3c(=O)[nH]c4ccccc43)CC2)c2ccc(C)cc21. The van der Waals surface area contributed by atoms with E-state index in [-0.39, 0.29) is 17.4 Å². The van der Waals surface area contributed by atoms with Crippen LogP contribution in [0.25, 0.3) is 27.8 Å². The smallest absolute Gasteiger partial charge is 0.306 e. The predicted octanol–water partition coefficient (Wildman–Crippen LogP) is 3.97. The number of piperidine rings is 1. The Morgan fingerprint density at radius 3 is 2.55 bits per heavy atom. The van der Waals surface area contributed by atoms with Crippen LogP contribution in [0.1, 0.15) is 37.8 Å². The summed E-state index contributed by atoms with van der Waals surface area (Å²) in [5, 5.41) is 0. The molecule has 2 aromatic carbocycles. The minimum atomic E-state index is -0.0156. The summed E-state index contributed by atoms with van der Waals surface area (Å²) in [6.45, 7) is 11.4. The van der Waals surface area contributed by atoms with E-state index >= 15 is 0 Å². The number of allylic oxidation sites excluding steroid dienone is 1. The van der Waals surface area contributed by atoms with Gasteiger partial charge >= 0.3 is 11.4 Å². The highest BCUT2D eigenvalue weighted by Gasteiger charge is 2.23. The molecule has 7 nitrogen and oxygen atoms in total. The molecule has 0 atom stereocenters. The average molecular weight is 446 g/mol. The Kier molecular flexibility index (Phi) is 5.58. The van der Waals surface area contributed by atoms with Crippen molar-refractivity contribution >= 4 is 27.8 Å². The Morgan fingerprint density at radius 2 is 1.79 bits per heavy atom. The highest BCUT2D eigenvalue weighted by atomic mass is 16.2. The molecule has 5 rings (SSSR count). The molecule has 3 heterocycles. The fraction of sp³-hybridized carbons (Fsp3) is 0.385. The van der Waals surface area contributed by atoms with Crippen molar-refractivity contribution in [3.8, 4) is 0 Å². The van der Waals surface area contributed by atoms with E-state index in [1.165, 1.54) is 0 Å². The Morgan fingerprint density at radius 1 is 1.03 bits per heavy atom. The highest BCUT2D eigenvalue weighted by molar-refractivity contribution is 5.80. The molecule has 1 N–H and O–H groups in total. The van der Waals surface area contributed by atoms with Crippen LogP contribution in [0.15, 0.2) is 58.6 Å². The van der Waals surface area contributed by atoms with Crippen molar-refractivity contribution in [2.45, 2.75) is 45.7 Å². The number of likely N-dealkylation sites (tertiary alicyclic amines) is 1. The van der Waals surface area contributed by atoms with E-state index in [1.54, 1.807) is 4.57 Å². The van der Waals surface area contributed by atoms with Crippen molar-refractivity contribution in [3.05, 3.63) is 75.6 Å². The number of benzene rings is 2. The fourth-order valence-corrected chi connectivity index (χ4v) is 5.24. The van der Waals surface area contributed by atoms with Gasteiger partial charge in [-0.1, -0.05) is 24.8 Å². The lowest BCUT2D eigenvalue weighted by Gasteiger charge is -2.32. The number of nitrogens with zero attached hydrogens (tertiary/aromatic N) is 4. The lowest BCUT2D eigenvalue weighted by molar-refractivity contribution is 0.183. The first-order valence-electron chi connectivity index (χ1n) is 11.7. The molecule has 1 aliphatic heterocycles. The standard InChI is InChI=1S/C26H31N5O2/c1-18(2)30-24-17-19(3)9-10-23(24)29(26(30)33)14-6-13-28-15-11-20(12-16-28)31-22-8-5-4-7-21(22)27-25(31)32/h4-5,7-10,17,20H,1,6,11-16H2,2-3H3,(H,27,32). The van der Waals surface area contributed by atoms with Gasteiger partial charge < -0.3 is 9.88 Å². The second-order valence-corrected chi connectivity index (χ2v) is 9.24. The molecule has 4 aromatic rings. The molecular formula is C26H31N5O2. The van der Waals surface area contributed by atoms with Crippen LogP contribution in [0.3, 0.4) is 0 Å². The third kappa shape index (κ3) is 3.86. The second-order valence-electron chi connectivity index (χ2n) is 9.24. The van der Waals surface area contributed by atoms with Gasteiger partial charge in [-0.15, -0.1) is 0 Å². The van der Waals surface area contributed by atoms with Gasteiger partial charge in [-0.05, 0) is 69.5 Å². The summed E-state index contributed by atoms with van der Waals surface area (Å²) in [5.74, 6) is 0. The molecule has 0 unspecified atom stereocenters. The molecule has 33 heavy (non-hydrogen) atoms. The summed E-state index contributed by atoms with van der Waals surface area (Å²) in [6, 6.07) is 14.3. The summed E-state index contributed by atoms with van der Waals surface area (Å²) in [4.78, 5) is 31.0. The Bertz CT molecular complexity index is 1440. The monoisotopic (exact) mass is 445 g/mol. The zero-order chi connectivity index (χ0) is 23.1. The van der Waals surface area contributed by atoms with Crippen molar-refractivity contribution in [1.82, 2.24) is 23.6 Å². The van der Waals surface area contributed by atoms with Crippen LogP contribution in [-0.4, -0.2) is 43.2 Å². The minimum absolute atomic E-state index is 0.0134. The molecular weight excluding hydrogens is 414 g/mol. The van der Waals surface area contributed by atoms with Crippen molar-refractivity contribution in [1.29, 1.82) is 0 Å². The van der Waals surface area contributed by atoms with E-state index in [2.05, 4.69) is 28.6 Å². The number of imidazole rings is 2. The van der Waals surface area contributed by atoms with E-state index in [0.29, 0.717) is 6.54 Å². The number of fused-ring (bicyclic) bond motifs is 2. The van der Waals surface area contributed by atoms with Crippen molar-refractivity contribution in [2.75, 3.05) is 19.6 Å². The summed E-state index contributed by atoms with van der Waals surface area (Å²) in [6.07, 6.45) is 2.81. The quantitative estimate of drug-likeness (QED) is 0.488. The highest BCUT2D eigenvalue weighted by Crippen LogP contribution is 2.25. The lowest BCUT2D eigenvalue weighted by atomic mass is 10.0. The number of aromatic nitrogens is 4. The van der Waals surface area contributed by atoms with Gasteiger partial charge in [-0.2, -0.15) is 0 Å². The molecule has 172 valence electrons. The summed E-state index contributed by atoms with van der Waals surface area (Å²) >= 11 is 0. The second kappa shape index (κ2) is 8.56. The first-order valence-corrected chi connectivity index (χ1v) is 11.7. The first-order chi connectivity index (χ1) is 15.9. The Labute approximate surface area is 192 Å². The van der Waals surface area contributed by atoms with Crippen LogP contribution in [0, 0.1) is 6.92 Å². The molecule has 1 saturated heterocycles. The molecule has 0 amide bonds. The number of hydrogen-bond acceptors (Lipinski definition) is 3. The zero-order valence-corrected chi connectivity index (χ0v) is 19.4. The number of para-hydroxylation sites is 2. The van der Waals surface area contributed by atoms with Crippen LogP contribution < -0.4 is 11.4 Å². The maximum atomic E-state index is 13.1. The maximum absolute atomic E-state index is 13.1. The van der Waals surface area contributed by atoms with Gasteiger partial charge in [-0.3, -0.25) is 13.7 Å². The lowest BCUT2D eigenvalue weighted by Crippen LogP contribution is -2.38. The number of aromatic amines is 1. The van der Waals surface area contributed by atoms with Gasteiger partial charge in [0.05, 0.1) is 22.1 Å². The van der Waals surface area contributed by atoms with E-state index in [9.17, 15) is 9.59 Å². The van der Waals surface area contributed by atoms with Crippen molar-refractivity contribution in [3.63, 3.8) is 0 Å². The van der Waals surface area contributed by atoms with Crippen molar-refractivity contribution < 1.29 is 0 Å². The predicted molar refractivity (Wildman–Crippen MR) is 134 cm³/mol. The molecule has 0 bridgehead atoms. The summed E-state index contributed by atoms with van der Waals surface area (Å²) < 4.78 is 5.52. The molecule has 0 radical (unpaired) electrons. The Balaban J connectivity index is 1.24. The van der Waals surface area contributed by atoms with Crippen LogP contribution in [0.2, 0.25) is 0 Å². The van der Waals surface area contributed by atoms with Gasteiger partial charge in [0.25, 0.3) is 0 Å². The number of rotatable bonds is 6. The molecule has 1 fully saturated rings. The van der Waals surface area contributed by atoms with Crippen LogP contribution >= 0.6 is 0 Å². The zero-order valence-electron chi connectivity index (χ0n) is 19.4. The minimum Gasteiger partial charge on any atom is -0.306 e. The summed E-state index contributed by atoms with van der Waals surface area (Å²) in [5.41, 5.74) is 5.63. The number of nitrogens with one attached hydrogen (secondary N) is 1. The fourth-order valence-electron chi connectivity index (χ4n) is 5.24. The molecule has 0 spiro atoms. The molecule has 1 aliphatic rings. The van der Waals surface area contributed by atoms with Gasteiger partial charge in [0.1, 0.15) is 0 Å². The van der Waals surface area contributed by atoms with Crippen molar-refractivity contribution in [2.24, 2.45) is 0 Å². The summed E-state index contributed by atoms with van der Waals surface area (Å²) in [7, 11) is 0. The topological polar surface area (TPSA) is 68.0 Å². The number of hydrogen-bond donors (Lipinski definition) is 1. The van der Waals surface area contributed by atoms with E-state index in [1.807, 2.05) is 53.3 Å². The van der Waals surface area contributed by atoms with E-state index in [4.69, 9.17) is 0 Å². The third-order valence-corrected chi connectivity index (χ3v) is 6.87.